The second kappa shape index (κ2) is 8.49. The summed E-state index contributed by atoms with van der Waals surface area (Å²) in [6.07, 6.45) is 0. The molecule has 0 aliphatic rings. The quantitative estimate of drug-likeness (QED) is 0.293. The number of benzene rings is 3. The van der Waals surface area contributed by atoms with Gasteiger partial charge in [0.1, 0.15) is 0 Å². The summed E-state index contributed by atoms with van der Waals surface area (Å²) < 4.78 is 6.95. The van der Waals surface area contributed by atoms with Crippen molar-refractivity contribution in [1.29, 1.82) is 5.26 Å². The molecule has 0 radical (unpaired) electrons. The molecule has 5 aromatic rings. The van der Waals surface area contributed by atoms with Gasteiger partial charge in [0.05, 0.1) is 34.0 Å². The van der Waals surface area contributed by atoms with E-state index in [0.717, 1.165) is 5.56 Å². The molecule has 0 saturated carbocycles. The lowest BCUT2D eigenvalue weighted by molar-refractivity contribution is 0.391. The molecule has 0 saturated heterocycles. The predicted molar refractivity (Wildman–Crippen MR) is 121 cm³/mol. The van der Waals surface area contributed by atoms with Crippen LogP contribution in [0.25, 0.3) is 28.0 Å². The summed E-state index contributed by atoms with van der Waals surface area (Å²) >= 11 is 1.33. The largest absolute Gasteiger partial charge is 0.338 e. The van der Waals surface area contributed by atoms with Crippen molar-refractivity contribution in [3.8, 4) is 23.1 Å². The molecule has 0 atom stereocenters. The maximum Gasteiger partial charge on any atom is 0.266 e. The first-order chi connectivity index (χ1) is 15.7. The number of rotatable bonds is 5. The van der Waals surface area contributed by atoms with Gasteiger partial charge in [-0.05, 0) is 36.4 Å². The van der Waals surface area contributed by atoms with Crippen molar-refractivity contribution in [3.63, 3.8) is 0 Å². The summed E-state index contributed by atoms with van der Waals surface area (Å²) in [5, 5.41) is 14.1. The van der Waals surface area contributed by atoms with Gasteiger partial charge in [-0.25, -0.2) is 4.98 Å². The number of hydrogen-bond acceptors (Lipinski definition) is 7. The fourth-order valence-corrected chi connectivity index (χ4v) is 4.12. The molecule has 0 bridgehead atoms. The van der Waals surface area contributed by atoms with Crippen molar-refractivity contribution >= 4 is 22.7 Å². The molecular weight excluding hydrogens is 422 g/mol. The molecule has 3 aromatic carbocycles. The Morgan fingerprint density at radius 1 is 0.938 bits per heavy atom. The van der Waals surface area contributed by atoms with Gasteiger partial charge in [-0.15, -0.1) is 0 Å². The minimum atomic E-state index is -0.182. The fourth-order valence-electron chi connectivity index (χ4n) is 3.27. The van der Waals surface area contributed by atoms with E-state index in [4.69, 9.17) is 14.8 Å². The third-order valence-electron chi connectivity index (χ3n) is 4.82. The Bertz CT molecular complexity index is 1500. The lowest BCUT2D eigenvalue weighted by Gasteiger charge is -2.12. The van der Waals surface area contributed by atoms with E-state index in [1.807, 2.05) is 48.5 Å². The average molecular weight is 437 g/mol. The van der Waals surface area contributed by atoms with Gasteiger partial charge >= 0.3 is 0 Å². The third-order valence-corrected chi connectivity index (χ3v) is 5.75. The van der Waals surface area contributed by atoms with Crippen molar-refractivity contribution < 1.29 is 4.52 Å². The number of nitriles is 1. The number of para-hydroxylation sites is 1. The minimum absolute atomic E-state index is 0.182. The van der Waals surface area contributed by atoms with Crippen molar-refractivity contribution in [3.05, 3.63) is 101 Å². The van der Waals surface area contributed by atoms with Crippen LogP contribution in [-0.2, 0) is 5.75 Å². The van der Waals surface area contributed by atoms with E-state index in [1.54, 1.807) is 34.9 Å². The zero-order chi connectivity index (χ0) is 21.9. The highest BCUT2D eigenvalue weighted by atomic mass is 32.2. The van der Waals surface area contributed by atoms with Crippen molar-refractivity contribution in [2.45, 2.75) is 10.9 Å². The lowest BCUT2D eigenvalue weighted by Crippen LogP contribution is -2.21. The van der Waals surface area contributed by atoms with Crippen LogP contribution < -0.4 is 5.56 Å². The topological polar surface area (TPSA) is 97.6 Å². The van der Waals surface area contributed by atoms with Gasteiger partial charge in [-0.3, -0.25) is 9.36 Å². The van der Waals surface area contributed by atoms with Crippen LogP contribution in [0.5, 0.6) is 0 Å². The van der Waals surface area contributed by atoms with Gasteiger partial charge < -0.3 is 4.52 Å². The standard InChI is InChI=1S/C24H15N5O2S/c25-14-16-10-12-18(13-11-16)29-23(30)19-8-4-5-9-20(19)26-24(29)32-15-21-27-22(28-31-21)17-6-2-1-3-7-17/h1-13H,15H2. The van der Waals surface area contributed by atoms with E-state index in [1.165, 1.54) is 11.8 Å². The highest BCUT2D eigenvalue weighted by Gasteiger charge is 2.16. The SMILES string of the molecule is N#Cc1ccc(-n2c(SCc3nc(-c4ccccc4)no3)nc3ccccc3c2=O)cc1. The van der Waals surface area contributed by atoms with Gasteiger partial charge in [-0.1, -0.05) is 59.4 Å². The number of thioether (sulfide) groups is 1. The van der Waals surface area contributed by atoms with Gasteiger partial charge in [0, 0.05) is 5.56 Å². The smallest absolute Gasteiger partial charge is 0.266 e. The monoisotopic (exact) mass is 437 g/mol. The summed E-state index contributed by atoms with van der Waals surface area (Å²) in [6.45, 7) is 0. The predicted octanol–water partition coefficient (Wildman–Crippen LogP) is 4.60. The Kier molecular flexibility index (Phi) is 5.24. The number of aromatic nitrogens is 4. The Balaban J connectivity index is 1.52. The van der Waals surface area contributed by atoms with Gasteiger partial charge in [0.15, 0.2) is 5.16 Å². The molecule has 7 nitrogen and oxygen atoms in total. The molecule has 32 heavy (non-hydrogen) atoms. The minimum Gasteiger partial charge on any atom is -0.338 e. The zero-order valence-electron chi connectivity index (χ0n) is 16.7. The molecule has 0 N–H and O–H groups in total. The molecule has 0 aliphatic heterocycles. The van der Waals surface area contributed by atoms with Crippen LogP contribution in [-0.4, -0.2) is 19.7 Å². The lowest BCUT2D eigenvalue weighted by atomic mass is 10.2. The summed E-state index contributed by atoms with van der Waals surface area (Å²) in [7, 11) is 0. The van der Waals surface area contributed by atoms with E-state index in [0.29, 0.717) is 44.8 Å². The first-order valence-electron chi connectivity index (χ1n) is 9.76. The molecule has 0 aliphatic carbocycles. The summed E-state index contributed by atoms with van der Waals surface area (Å²) in [6, 6.07) is 25.7. The first kappa shape index (κ1) is 19.7. The van der Waals surface area contributed by atoms with Crippen molar-refractivity contribution in [2.24, 2.45) is 0 Å². The molecular formula is C24H15N5O2S. The highest BCUT2D eigenvalue weighted by Crippen LogP contribution is 2.25. The van der Waals surface area contributed by atoms with Crippen LogP contribution in [0.2, 0.25) is 0 Å². The second-order valence-electron chi connectivity index (χ2n) is 6.88. The molecule has 0 amide bonds. The maximum atomic E-state index is 13.3. The summed E-state index contributed by atoms with van der Waals surface area (Å²) in [5.74, 6) is 1.29. The second-order valence-corrected chi connectivity index (χ2v) is 7.82. The van der Waals surface area contributed by atoms with Crippen LogP contribution in [0.15, 0.2) is 93.3 Å². The van der Waals surface area contributed by atoms with E-state index in [-0.39, 0.29) is 5.56 Å². The van der Waals surface area contributed by atoms with E-state index >= 15 is 0 Å². The number of nitrogens with zero attached hydrogens (tertiary/aromatic N) is 5. The molecule has 0 unspecified atom stereocenters. The molecule has 154 valence electrons. The molecule has 8 heteroatoms. The van der Waals surface area contributed by atoms with Gasteiger partial charge in [0.2, 0.25) is 11.7 Å². The van der Waals surface area contributed by atoms with E-state index < -0.39 is 0 Å². The van der Waals surface area contributed by atoms with Crippen LogP contribution in [0.1, 0.15) is 11.5 Å². The van der Waals surface area contributed by atoms with Crippen molar-refractivity contribution in [2.75, 3.05) is 0 Å². The number of fused-ring (bicyclic) bond motifs is 1. The van der Waals surface area contributed by atoms with Crippen LogP contribution in [0.3, 0.4) is 0 Å². The fraction of sp³-hybridized carbons (Fsp3) is 0.0417. The first-order valence-corrected chi connectivity index (χ1v) is 10.7. The highest BCUT2D eigenvalue weighted by molar-refractivity contribution is 7.98. The summed E-state index contributed by atoms with van der Waals surface area (Å²) in [4.78, 5) is 22.5. The zero-order valence-corrected chi connectivity index (χ0v) is 17.5. The summed E-state index contributed by atoms with van der Waals surface area (Å²) in [5.41, 5.74) is 2.44. The Morgan fingerprint density at radius 3 is 2.47 bits per heavy atom. The van der Waals surface area contributed by atoms with Gasteiger partial charge in [-0.2, -0.15) is 10.2 Å². The van der Waals surface area contributed by atoms with Crippen molar-refractivity contribution in [1.82, 2.24) is 19.7 Å². The Morgan fingerprint density at radius 2 is 1.69 bits per heavy atom. The van der Waals surface area contributed by atoms with E-state index in [2.05, 4.69) is 16.2 Å². The molecule has 5 rings (SSSR count). The van der Waals surface area contributed by atoms with Gasteiger partial charge in [0.25, 0.3) is 5.56 Å². The van der Waals surface area contributed by atoms with E-state index in [9.17, 15) is 4.79 Å². The van der Waals surface area contributed by atoms with Crippen LogP contribution in [0, 0.1) is 11.3 Å². The number of hydrogen-bond donors (Lipinski definition) is 0. The Hall–Kier alpha value is -4.22. The third kappa shape index (κ3) is 3.77. The van der Waals surface area contributed by atoms with Crippen LogP contribution in [0.4, 0.5) is 0 Å². The molecule has 0 fully saturated rings. The molecule has 2 aromatic heterocycles. The molecule has 0 spiro atoms. The maximum absolute atomic E-state index is 13.3. The average Bonchev–Trinajstić information content (AvgIpc) is 3.33. The Labute approximate surface area is 187 Å². The normalized spacial score (nSPS) is 10.8. The van der Waals surface area contributed by atoms with Crippen LogP contribution >= 0.6 is 11.8 Å². The molecule has 2 heterocycles.